The van der Waals surface area contributed by atoms with E-state index in [1.807, 2.05) is 0 Å². The molecule has 0 bridgehead atoms. The molecule has 0 N–H and O–H groups in total. The normalized spacial score (nSPS) is 15.5. The number of halogens is 2. The largest absolute Gasteiger partial charge is 0.204 e. The first-order chi connectivity index (χ1) is 6.24. The lowest BCUT2D eigenvalue weighted by Gasteiger charge is -1.90. The fraction of sp³-hybridized carbons (Fsp3) is 0.375. The van der Waals surface area contributed by atoms with E-state index in [2.05, 4.69) is 22.4 Å². The summed E-state index contributed by atoms with van der Waals surface area (Å²) in [7, 11) is 0. The third kappa shape index (κ3) is 1.67. The highest BCUT2D eigenvalue weighted by atomic mass is 35.5. The molecule has 1 aliphatic carbocycles. The summed E-state index contributed by atoms with van der Waals surface area (Å²) in [5.74, 6) is 0.445. The second-order valence-electron chi connectivity index (χ2n) is 2.88. The second-order valence-corrected chi connectivity index (χ2v) is 4.44. The minimum absolute atomic E-state index is 0.156. The van der Waals surface area contributed by atoms with Gasteiger partial charge in [0, 0.05) is 4.88 Å². The van der Waals surface area contributed by atoms with Crippen LogP contribution in [0.15, 0.2) is 4.99 Å². The maximum Gasteiger partial charge on any atom is 0.204 e. The van der Waals surface area contributed by atoms with E-state index in [1.165, 1.54) is 0 Å². The quantitative estimate of drug-likeness (QED) is 0.552. The Labute approximate surface area is 89.2 Å². The number of aliphatic imine (C=N–C) groups is 1. The van der Waals surface area contributed by atoms with Crippen molar-refractivity contribution in [2.75, 3.05) is 0 Å². The summed E-state index contributed by atoms with van der Waals surface area (Å²) in [4.78, 5) is 4.51. The summed E-state index contributed by atoms with van der Waals surface area (Å²) < 4.78 is 13.2. The van der Waals surface area contributed by atoms with E-state index in [-0.39, 0.29) is 10.8 Å². The zero-order chi connectivity index (χ0) is 9.42. The summed E-state index contributed by atoms with van der Waals surface area (Å²) in [6, 6.07) is 0. The van der Waals surface area contributed by atoms with Crippen LogP contribution < -0.4 is 0 Å². The summed E-state index contributed by atoms with van der Waals surface area (Å²) in [6.45, 7) is 0. The van der Waals surface area contributed by atoms with Gasteiger partial charge in [0.1, 0.15) is 5.69 Å². The summed E-state index contributed by atoms with van der Waals surface area (Å²) in [6.07, 6.45) is 2.20. The molecule has 0 amide bonds. The van der Waals surface area contributed by atoms with Crippen LogP contribution in [0.5, 0.6) is 0 Å². The van der Waals surface area contributed by atoms with Gasteiger partial charge in [-0.25, -0.2) is 0 Å². The number of hydrogen-bond donors (Lipinski definition) is 0. The average Bonchev–Trinajstić information content (AvgIpc) is 2.88. The van der Waals surface area contributed by atoms with E-state index in [0.29, 0.717) is 10.9 Å². The van der Waals surface area contributed by atoms with Crippen LogP contribution in [0, 0.1) is 5.13 Å². The molecular formula is C8H5ClFNS2. The number of isothiocyanates is 1. The van der Waals surface area contributed by atoms with Crippen LogP contribution >= 0.6 is 35.2 Å². The van der Waals surface area contributed by atoms with Crippen molar-refractivity contribution in [3.63, 3.8) is 0 Å². The van der Waals surface area contributed by atoms with Crippen LogP contribution in [0.1, 0.15) is 23.6 Å². The van der Waals surface area contributed by atoms with Gasteiger partial charge in [-0.2, -0.15) is 9.38 Å². The van der Waals surface area contributed by atoms with Crippen LogP contribution in [-0.4, -0.2) is 5.16 Å². The maximum atomic E-state index is 13.2. The predicted molar refractivity (Wildman–Crippen MR) is 55.9 cm³/mol. The molecule has 1 nitrogen and oxygen atoms in total. The highest BCUT2D eigenvalue weighted by Gasteiger charge is 2.30. The highest BCUT2D eigenvalue weighted by molar-refractivity contribution is 7.78. The molecule has 5 heteroatoms. The Hall–Kier alpha value is -0.280. The van der Waals surface area contributed by atoms with Crippen molar-refractivity contribution < 1.29 is 4.39 Å². The molecule has 0 aliphatic heterocycles. The summed E-state index contributed by atoms with van der Waals surface area (Å²) in [5, 5.41) is 2.19. The molecule has 68 valence electrons. The van der Waals surface area contributed by atoms with Gasteiger partial charge in [0.15, 0.2) is 0 Å². The second kappa shape index (κ2) is 3.46. The molecule has 0 radical (unpaired) electrons. The molecule has 1 aliphatic rings. The van der Waals surface area contributed by atoms with E-state index < -0.39 is 0 Å². The lowest BCUT2D eigenvalue weighted by Crippen LogP contribution is -1.69. The molecule has 0 unspecified atom stereocenters. The molecule has 0 atom stereocenters. The molecule has 0 spiro atoms. The molecule has 1 aromatic rings. The number of thiocarbonyl (C=S) groups is 1. The molecule has 1 heterocycles. The standard InChI is InChI=1S/C8H5ClFNS2/c9-5-6(11-3-12)8(10)13-7(5)4-1-2-4/h4H,1-2H2. The van der Waals surface area contributed by atoms with Crippen LogP contribution in [-0.2, 0) is 0 Å². The van der Waals surface area contributed by atoms with E-state index in [9.17, 15) is 4.39 Å². The van der Waals surface area contributed by atoms with E-state index >= 15 is 0 Å². The number of rotatable bonds is 2. The maximum absolute atomic E-state index is 13.2. The first kappa shape index (κ1) is 9.28. The van der Waals surface area contributed by atoms with Gasteiger partial charge in [0.25, 0.3) is 0 Å². The Bertz CT molecular complexity index is 391. The SMILES string of the molecule is Fc1sc(C2CC2)c(Cl)c1N=C=S. The highest BCUT2D eigenvalue weighted by Crippen LogP contribution is 2.50. The van der Waals surface area contributed by atoms with E-state index in [1.54, 1.807) is 0 Å². The average molecular weight is 234 g/mol. The zero-order valence-corrected chi connectivity index (χ0v) is 8.90. The smallest absolute Gasteiger partial charge is 0.193 e. The molecule has 2 rings (SSSR count). The topological polar surface area (TPSA) is 12.4 Å². The van der Waals surface area contributed by atoms with Gasteiger partial charge in [-0.15, -0.1) is 11.3 Å². The first-order valence-corrected chi connectivity index (χ1v) is 5.40. The minimum Gasteiger partial charge on any atom is -0.193 e. The van der Waals surface area contributed by atoms with E-state index in [0.717, 1.165) is 29.1 Å². The van der Waals surface area contributed by atoms with Crippen LogP contribution in [0.25, 0.3) is 0 Å². The summed E-state index contributed by atoms with van der Waals surface area (Å²) >= 11 is 11.4. The molecule has 0 aromatic carbocycles. The third-order valence-corrected chi connectivity index (χ3v) is 3.63. The fourth-order valence-corrected chi connectivity index (χ4v) is 2.71. The minimum atomic E-state index is -0.357. The van der Waals surface area contributed by atoms with Crippen molar-refractivity contribution in [2.45, 2.75) is 18.8 Å². The van der Waals surface area contributed by atoms with Gasteiger partial charge in [0.2, 0.25) is 5.13 Å². The number of nitrogens with zero attached hydrogens (tertiary/aromatic N) is 1. The molecular weight excluding hydrogens is 229 g/mol. The van der Waals surface area contributed by atoms with Gasteiger partial charge >= 0.3 is 0 Å². The zero-order valence-electron chi connectivity index (χ0n) is 6.51. The Morgan fingerprint density at radius 3 is 2.85 bits per heavy atom. The van der Waals surface area contributed by atoms with Gasteiger partial charge in [-0.05, 0) is 31.0 Å². The molecule has 1 fully saturated rings. The van der Waals surface area contributed by atoms with Crippen LogP contribution in [0.4, 0.5) is 10.1 Å². The molecule has 1 aromatic heterocycles. The molecule has 13 heavy (non-hydrogen) atoms. The van der Waals surface area contributed by atoms with E-state index in [4.69, 9.17) is 11.6 Å². The van der Waals surface area contributed by atoms with Crippen LogP contribution in [0.3, 0.4) is 0 Å². The molecule has 0 saturated heterocycles. The van der Waals surface area contributed by atoms with Crippen molar-refractivity contribution >= 4 is 46.0 Å². The number of hydrogen-bond acceptors (Lipinski definition) is 3. The van der Waals surface area contributed by atoms with Crippen molar-refractivity contribution in [2.24, 2.45) is 4.99 Å². The third-order valence-electron chi connectivity index (χ3n) is 1.92. The number of thiophene rings is 1. The summed E-state index contributed by atoms with van der Waals surface area (Å²) in [5.41, 5.74) is 0.156. The Balaban J connectivity index is 2.49. The molecule has 1 saturated carbocycles. The van der Waals surface area contributed by atoms with Gasteiger partial charge in [-0.1, -0.05) is 11.6 Å². The lowest BCUT2D eigenvalue weighted by atomic mass is 10.3. The van der Waals surface area contributed by atoms with Crippen molar-refractivity contribution in [3.05, 3.63) is 15.0 Å². The van der Waals surface area contributed by atoms with Crippen molar-refractivity contribution in [3.8, 4) is 0 Å². The first-order valence-electron chi connectivity index (χ1n) is 3.79. The fourth-order valence-electron chi connectivity index (χ4n) is 1.14. The van der Waals surface area contributed by atoms with Gasteiger partial charge in [0.05, 0.1) is 10.2 Å². The lowest BCUT2D eigenvalue weighted by molar-refractivity contribution is 0.659. The monoisotopic (exact) mass is 233 g/mol. The van der Waals surface area contributed by atoms with Crippen molar-refractivity contribution in [1.29, 1.82) is 0 Å². The predicted octanol–water partition coefficient (Wildman–Crippen LogP) is 4.15. The Morgan fingerprint density at radius 2 is 2.31 bits per heavy atom. The van der Waals surface area contributed by atoms with Gasteiger partial charge in [-0.3, -0.25) is 0 Å². The van der Waals surface area contributed by atoms with Gasteiger partial charge < -0.3 is 0 Å². The van der Waals surface area contributed by atoms with Crippen molar-refractivity contribution in [1.82, 2.24) is 0 Å². The van der Waals surface area contributed by atoms with Crippen LogP contribution in [0.2, 0.25) is 5.02 Å². The Morgan fingerprint density at radius 1 is 1.62 bits per heavy atom. The Kier molecular flexibility index (Phi) is 2.47.